The molecule has 17 heavy (non-hydrogen) atoms. The van der Waals surface area contributed by atoms with E-state index in [1.165, 1.54) is 0 Å². The molecule has 1 rings (SSSR count). The molecule has 0 saturated heterocycles. The molecule has 2 N–H and O–H groups in total. The van der Waals surface area contributed by atoms with Crippen LogP contribution in [0.1, 0.15) is 19.4 Å². The summed E-state index contributed by atoms with van der Waals surface area (Å²) in [6, 6.07) is 4.75. The van der Waals surface area contributed by atoms with Crippen LogP contribution in [-0.2, 0) is 11.3 Å². The molecule has 5 heteroatoms. The molecule has 1 aromatic rings. The zero-order chi connectivity index (χ0) is 13.0. The minimum absolute atomic E-state index is 0.0847. The molecule has 1 amide bonds. The van der Waals surface area contributed by atoms with Crippen LogP contribution in [-0.4, -0.2) is 23.4 Å². The van der Waals surface area contributed by atoms with E-state index in [9.17, 15) is 4.79 Å². The Balaban J connectivity index is 2.84. The lowest BCUT2D eigenvalue weighted by atomic mass is 10.2. The molecule has 0 aliphatic carbocycles. The van der Waals surface area contributed by atoms with E-state index >= 15 is 0 Å². The number of amides is 1. The van der Waals surface area contributed by atoms with E-state index in [4.69, 9.17) is 28.9 Å². The van der Waals surface area contributed by atoms with Crippen LogP contribution in [0.2, 0.25) is 10.0 Å². The summed E-state index contributed by atoms with van der Waals surface area (Å²) in [6.07, 6.45) is 0. The number of hydrogen-bond donors (Lipinski definition) is 1. The standard InChI is InChI=1S/C12H16Cl2N2O/c1-3-16(12(17)8(2)15)7-9-4-5-10(13)6-11(9)14/h4-6,8H,3,7,15H2,1-2H3/t8-/m0/s1. The van der Waals surface area contributed by atoms with Crippen LogP contribution in [0, 0.1) is 0 Å². The Bertz CT molecular complexity index is 407. The van der Waals surface area contributed by atoms with Gasteiger partial charge in [0.1, 0.15) is 0 Å². The van der Waals surface area contributed by atoms with Crippen molar-refractivity contribution in [3.8, 4) is 0 Å². The van der Waals surface area contributed by atoms with Crippen molar-refractivity contribution in [2.75, 3.05) is 6.54 Å². The molecule has 3 nitrogen and oxygen atoms in total. The normalized spacial score (nSPS) is 12.3. The summed E-state index contributed by atoms with van der Waals surface area (Å²) < 4.78 is 0. The maximum atomic E-state index is 11.8. The average molecular weight is 275 g/mol. The second-order valence-corrected chi connectivity index (χ2v) is 4.72. The van der Waals surface area contributed by atoms with Crippen LogP contribution in [0.15, 0.2) is 18.2 Å². The Morgan fingerprint density at radius 2 is 2.12 bits per heavy atom. The van der Waals surface area contributed by atoms with Gasteiger partial charge >= 0.3 is 0 Å². The zero-order valence-corrected chi connectivity index (χ0v) is 11.4. The third-order valence-corrected chi connectivity index (χ3v) is 3.05. The van der Waals surface area contributed by atoms with E-state index < -0.39 is 6.04 Å². The van der Waals surface area contributed by atoms with Gasteiger partial charge in [0, 0.05) is 23.1 Å². The molecule has 94 valence electrons. The highest BCUT2D eigenvalue weighted by molar-refractivity contribution is 6.35. The fraction of sp³-hybridized carbons (Fsp3) is 0.417. The topological polar surface area (TPSA) is 46.3 Å². The van der Waals surface area contributed by atoms with E-state index in [2.05, 4.69) is 0 Å². The third-order valence-electron chi connectivity index (χ3n) is 2.46. The first-order chi connectivity index (χ1) is 7.95. The predicted molar refractivity (Wildman–Crippen MR) is 71.2 cm³/mol. The van der Waals surface area contributed by atoms with E-state index in [0.717, 1.165) is 5.56 Å². The van der Waals surface area contributed by atoms with E-state index in [0.29, 0.717) is 23.1 Å². The summed E-state index contributed by atoms with van der Waals surface area (Å²) >= 11 is 11.9. The number of nitrogens with zero attached hydrogens (tertiary/aromatic N) is 1. The smallest absolute Gasteiger partial charge is 0.239 e. The zero-order valence-electron chi connectivity index (χ0n) is 9.91. The van der Waals surface area contributed by atoms with Crippen molar-refractivity contribution in [2.45, 2.75) is 26.4 Å². The quantitative estimate of drug-likeness (QED) is 0.918. The monoisotopic (exact) mass is 274 g/mol. The van der Waals surface area contributed by atoms with Crippen LogP contribution in [0.25, 0.3) is 0 Å². The molecule has 0 bridgehead atoms. The summed E-state index contributed by atoms with van der Waals surface area (Å²) in [5.74, 6) is -0.0847. The molecule has 1 aromatic carbocycles. The summed E-state index contributed by atoms with van der Waals surface area (Å²) in [7, 11) is 0. The number of likely N-dealkylation sites (N-methyl/N-ethyl adjacent to an activating group) is 1. The predicted octanol–water partition coefficient (Wildman–Crippen LogP) is 2.69. The van der Waals surface area contributed by atoms with Crippen molar-refractivity contribution in [1.29, 1.82) is 0 Å². The largest absolute Gasteiger partial charge is 0.337 e. The van der Waals surface area contributed by atoms with Gasteiger partial charge < -0.3 is 10.6 Å². The minimum atomic E-state index is -0.499. The molecule has 0 saturated carbocycles. The van der Waals surface area contributed by atoms with Crippen molar-refractivity contribution in [1.82, 2.24) is 4.90 Å². The first kappa shape index (κ1) is 14.3. The second kappa shape index (κ2) is 6.24. The van der Waals surface area contributed by atoms with Gasteiger partial charge in [0.25, 0.3) is 0 Å². The maximum Gasteiger partial charge on any atom is 0.239 e. The molecule has 1 atom stereocenters. The molecule has 0 aromatic heterocycles. The highest BCUT2D eigenvalue weighted by Gasteiger charge is 2.17. The number of carbonyl (C=O) groups excluding carboxylic acids is 1. The van der Waals surface area contributed by atoms with Gasteiger partial charge in [-0.2, -0.15) is 0 Å². The lowest BCUT2D eigenvalue weighted by Gasteiger charge is -2.23. The van der Waals surface area contributed by atoms with E-state index in [1.807, 2.05) is 13.0 Å². The number of hydrogen-bond acceptors (Lipinski definition) is 2. The second-order valence-electron chi connectivity index (χ2n) is 3.88. The van der Waals surface area contributed by atoms with Crippen molar-refractivity contribution in [2.24, 2.45) is 5.73 Å². The van der Waals surface area contributed by atoms with Gasteiger partial charge in [-0.05, 0) is 31.5 Å². The number of halogens is 2. The number of carbonyl (C=O) groups is 1. The Hall–Kier alpha value is -0.770. The molecular formula is C12H16Cl2N2O. The van der Waals surface area contributed by atoms with Crippen molar-refractivity contribution >= 4 is 29.1 Å². The Kier molecular flexibility index (Phi) is 5.25. The molecule has 0 aliphatic heterocycles. The molecular weight excluding hydrogens is 259 g/mol. The lowest BCUT2D eigenvalue weighted by molar-refractivity contribution is -0.132. The van der Waals surface area contributed by atoms with Crippen molar-refractivity contribution in [3.05, 3.63) is 33.8 Å². The summed E-state index contributed by atoms with van der Waals surface area (Å²) in [4.78, 5) is 13.5. The Morgan fingerprint density at radius 3 is 2.59 bits per heavy atom. The van der Waals surface area contributed by atoms with Crippen LogP contribution < -0.4 is 5.73 Å². The molecule has 0 spiro atoms. The molecule has 0 fully saturated rings. The number of nitrogens with two attached hydrogens (primary N) is 1. The van der Waals surface area contributed by atoms with Gasteiger partial charge in [0.15, 0.2) is 0 Å². The number of rotatable bonds is 4. The van der Waals surface area contributed by atoms with Crippen LogP contribution >= 0.6 is 23.2 Å². The summed E-state index contributed by atoms with van der Waals surface area (Å²) in [5, 5.41) is 1.15. The van der Waals surface area contributed by atoms with Crippen molar-refractivity contribution in [3.63, 3.8) is 0 Å². The van der Waals surface area contributed by atoms with E-state index in [1.54, 1.807) is 24.0 Å². The highest BCUT2D eigenvalue weighted by atomic mass is 35.5. The van der Waals surface area contributed by atoms with E-state index in [-0.39, 0.29) is 5.91 Å². The van der Waals surface area contributed by atoms with Crippen LogP contribution in [0.5, 0.6) is 0 Å². The molecule has 0 aliphatic rings. The van der Waals surface area contributed by atoms with Gasteiger partial charge in [-0.1, -0.05) is 29.3 Å². The van der Waals surface area contributed by atoms with Crippen molar-refractivity contribution < 1.29 is 4.79 Å². The maximum absolute atomic E-state index is 11.8. The van der Waals surface area contributed by atoms with Gasteiger partial charge in [0.2, 0.25) is 5.91 Å². The first-order valence-corrected chi connectivity index (χ1v) is 6.19. The first-order valence-electron chi connectivity index (χ1n) is 5.44. The van der Waals surface area contributed by atoms with Gasteiger partial charge in [0.05, 0.1) is 6.04 Å². The van der Waals surface area contributed by atoms with Crippen LogP contribution in [0.3, 0.4) is 0 Å². The number of benzene rings is 1. The van der Waals surface area contributed by atoms with Gasteiger partial charge in [-0.15, -0.1) is 0 Å². The lowest BCUT2D eigenvalue weighted by Crippen LogP contribution is -2.41. The minimum Gasteiger partial charge on any atom is -0.337 e. The molecule has 0 radical (unpaired) electrons. The Labute approximate surface area is 111 Å². The third kappa shape index (κ3) is 3.87. The van der Waals surface area contributed by atoms with Gasteiger partial charge in [-0.25, -0.2) is 0 Å². The summed E-state index contributed by atoms with van der Waals surface area (Å²) in [5.41, 5.74) is 6.45. The Morgan fingerprint density at radius 1 is 1.47 bits per heavy atom. The molecule has 0 heterocycles. The average Bonchev–Trinajstić information content (AvgIpc) is 2.27. The van der Waals surface area contributed by atoms with Gasteiger partial charge in [-0.3, -0.25) is 4.79 Å². The van der Waals surface area contributed by atoms with Crippen LogP contribution in [0.4, 0.5) is 0 Å². The molecule has 0 unspecified atom stereocenters. The summed E-state index contributed by atoms with van der Waals surface area (Å²) in [6.45, 7) is 4.63. The SMILES string of the molecule is CCN(Cc1ccc(Cl)cc1Cl)C(=O)[C@H](C)N. The fourth-order valence-corrected chi connectivity index (χ4v) is 1.96. The fourth-order valence-electron chi connectivity index (χ4n) is 1.49. The highest BCUT2D eigenvalue weighted by Crippen LogP contribution is 2.22.